The van der Waals surface area contributed by atoms with Gasteiger partial charge in [0.15, 0.2) is 0 Å². The van der Waals surface area contributed by atoms with Crippen LogP contribution in [0.1, 0.15) is 37.8 Å². The largest absolute Gasteiger partial charge is 0.466 e. The van der Waals surface area contributed by atoms with Crippen LogP contribution in [0.25, 0.3) is 0 Å². The predicted octanol–water partition coefficient (Wildman–Crippen LogP) is 4.41. The standard InChI is InChI=1S/C21H24F3NO4S/c1-5-30-11-10-29-20(27)17-13(3)25-12(2)16(19(26)28-4)18(17)14-8-6-7-9-15(14)21(22,23)24/h6-9,18,25H,5,10-11H2,1-4H3. The van der Waals surface area contributed by atoms with Crippen molar-refractivity contribution in [1.82, 2.24) is 5.32 Å². The molecule has 0 aromatic heterocycles. The highest BCUT2D eigenvalue weighted by Crippen LogP contribution is 2.44. The number of esters is 2. The molecule has 1 aromatic carbocycles. The Bertz CT molecular complexity index is 877. The van der Waals surface area contributed by atoms with Gasteiger partial charge in [-0.05, 0) is 31.2 Å². The van der Waals surface area contributed by atoms with Crippen LogP contribution in [-0.4, -0.2) is 37.2 Å². The summed E-state index contributed by atoms with van der Waals surface area (Å²) >= 11 is 1.57. The molecule has 30 heavy (non-hydrogen) atoms. The molecule has 0 saturated carbocycles. The maximum atomic E-state index is 13.7. The summed E-state index contributed by atoms with van der Waals surface area (Å²) in [6.07, 6.45) is -4.67. The molecule has 0 aliphatic carbocycles. The predicted molar refractivity (Wildman–Crippen MR) is 109 cm³/mol. The van der Waals surface area contributed by atoms with Crippen LogP contribution in [0.3, 0.4) is 0 Å². The van der Waals surface area contributed by atoms with Crippen LogP contribution >= 0.6 is 11.8 Å². The summed E-state index contributed by atoms with van der Waals surface area (Å²) in [7, 11) is 1.14. The average Bonchev–Trinajstić information content (AvgIpc) is 2.69. The van der Waals surface area contributed by atoms with Gasteiger partial charge in [-0.3, -0.25) is 0 Å². The zero-order chi connectivity index (χ0) is 22.5. The zero-order valence-corrected chi connectivity index (χ0v) is 18.0. The van der Waals surface area contributed by atoms with Crippen LogP contribution in [0.5, 0.6) is 0 Å². The Kier molecular flexibility index (Phi) is 8.00. The fraction of sp³-hybridized carbons (Fsp3) is 0.429. The third-order valence-electron chi connectivity index (χ3n) is 4.63. The minimum absolute atomic E-state index is 0.0424. The van der Waals surface area contributed by atoms with Gasteiger partial charge in [-0.15, -0.1) is 0 Å². The molecule has 1 aromatic rings. The Morgan fingerprint density at radius 2 is 1.70 bits per heavy atom. The van der Waals surface area contributed by atoms with Crippen molar-refractivity contribution in [2.75, 3.05) is 25.2 Å². The van der Waals surface area contributed by atoms with Crippen molar-refractivity contribution in [3.05, 3.63) is 57.9 Å². The SMILES string of the molecule is CCSCCOC(=O)C1=C(C)NC(C)=C(C(=O)OC)C1c1ccccc1C(F)(F)F. The maximum Gasteiger partial charge on any atom is 0.416 e. The number of benzene rings is 1. The average molecular weight is 443 g/mol. The molecule has 1 aliphatic heterocycles. The van der Waals surface area contributed by atoms with Gasteiger partial charge in [0.2, 0.25) is 0 Å². The molecule has 164 valence electrons. The Hall–Kier alpha value is -2.42. The molecule has 0 radical (unpaired) electrons. The number of nitrogens with one attached hydrogen (secondary N) is 1. The first-order valence-electron chi connectivity index (χ1n) is 9.31. The van der Waals surface area contributed by atoms with Crippen LogP contribution in [0.2, 0.25) is 0 Å². The summed E-state index contributed by atoms with van der Waals surface area (Å²) in [5.41, 5.74) is -0.588. The molecule has 0 amide bonds. The van der Waals surface area contributed by atoms with Crippen molar-refractivity contribution in [1.29, 1.82) is 0 Å². The van der Waals surface area contributed by atoms with Gasteiger partial charge in [0.05, 0.1) is 29.7 Å². The second-order valence-electron chi connectivity index (χ2n) is 6.54. The van der Waals surface area contributed by atoms with E-state index in [1.807, 2.05) is 6.92 Å². The third-order valence-corrected chi connectivity index (χ3v) is 5.49. The molecule has 2 rings (SSSR count). The Morgan fingerprint density at radius 1 is 1.10 bits per heavy atom. The fourth-order valence-corrected chi connectivity index (χ4v) is 3.87. The van der Waals surface area contributed by atoms with Crippen LogP contribution in [0.4, 0.5) is 13.2 Å². The number of ether oxygens (including phenoxy) is 2. The number of allylic oxidation sites excluding steroid dienone is 2. The molecule has 0 bridgehead atoms. The monoisotopic (exact) mass is 443 g/mol. The Morgan fingerprint density at radius 3 is 2.27 bits per heavy atom. The molecule has 1 atom stereocenters. The minimum Gasteiger partial charge on any atom is -0.466 e. The summed E-state index contributed by atoms with van der Waals surface area (Å²) in [5, 5.41) is 2.91. The normalized spacial score (nSPS) is 17.0. The van der Waals surface area contributed by atoms with E-state index in [-0.39, 0.29) is 23.3 Å². The van der Waals surface area contributed by atoms with E-state index in [1.165, 1.54) is 18.2 Å². The summed E-state index contributed by atoms with van der Waals surface area (Å²) < 4.78 is 51.4. The number of dihydropyridines is 1. The highest BCUT2D eigenvalue weighted by atomic mass is 32.2. The molecule has 5 nitrogen and oxygen atoms in total. The van der Waals surface area contributed by atoms with E-state index in [4.69, 9.17) is 9.47 Å². The molecule has 1 aliphatic rings. The van der Waals surface area contributed by atoms with Crippen molar-refractivity contribution in [3.8, 4) is 0 Å². The number of hydrogen-bond donors (Lipinski definition) is 1. The number of halogens is 3. The Labute approximate surface area is 177 Å². The van der Waals surface area contributed by atoms with Gasteiger partial charge in [-0.25, -0.2) is 9.59 Å². The lowest BCUT2D eigenvalue weighted by molar-refractivity contribution is -0.141. The summed E-state index contributed by atoms with van der Waals surface area (Å²) in [6.45, 7) is 5.19. The van der Waals surface area contributed by atoms with Crippen molar-refractivity contribution in [3.63, 3.8) is 0 Å². The second kappa shape index (κ2) is 10.1. The first-order chi connectivity index (χ1) is 14.1. The van der Waals surface area contributed by atoms with Gasteiger partial charge in [-0.1, -0.05) is 25.1 Å². The van der Waals surface area contributed by atoms with E-state index in [0.717, 1.165) is 18.9 Å². The lowest BCUT2D eigenvalue weighted by atomic mass is 9.78. The molecule has 1 N–H and O–H groups in total. The lowest BCUT2D eigenvalue weighted by Crippen LogP contribution is -2.33. The van der Waals surface area contributed by atoms with E-state index in [2.05, 4.69) is 5.32 Å². The molecular weight excluding hydrogens is 419 g/mol. The Balaban J connectivity index is 2.62. The van der Waals surface area contributed by atoms with Crippen molar-refractivity contribution in [2.45, 2.75) is 32.9 Å². The number of alkyl halides is 3. The third kappa shape index (κ3) is 5.19. The van der Waals surface area contributed by atoms with E-state index in [9.17, 15) is 22.8 Å². The second-order valence-corrected chi connectivity index (χ2v) is 7.94. The first-order valence-corrected chi connectivity index (χ1v) is 10.5. The van der Waals surface area contributed by atoms with Crippen molar-refractivity contribution >= 4 is 23.7 Å². The number of methoxy groups -OCH3 is 1. The smallest absolute Gasteiger partial charge is 0.416 e. The number of thioether (sulfide) groups is 1. The van der Waals surface area contributed by atoms with Crippen molar-refractivity contribution in [2.24, 2.45) is 0 Å². The topological polar surface area (TPSA) is 64.6 Å². The molecule has 0 fully saturated rings. The van der Waals surface area contributed by atoms with E-state index in [1.54, 1.807) is 25.6 Å². The highest BCUT2D eigenvalue weighted by Gasteiger charge is 2.43. The van der Waals surface area contributed by atoms with Crippen molar-refractivity contribution < 1.29 is 32.2 Å². The summed E-state index contributed by atoms with van der Waals surface area (Å²) in [4.78, 5) is 25.4. The molecule has 9 heteroatoms. The maximum absolute atomic E-state index is 13.7. The van der Waals surface area contributed by atoms with Crippen LogP contribution < -0.4 is 5.32 Å². The number of carbonyl (C=O) groups excluding carboxylic acids is 2. The van der Waals surface area contributed by atoms with Crippen LogP contribution in [0.15, 0.2) is 46.8 Å². The van der Waals surface area contributed by atoms with E-state index in [0.29, 0.717) is 17.1 Å². The van der Waals surface area contributed by atoms with Crippen LogP contribution in [-0.2, 0) is 25.2 Å². The molecule has 1 heterocycles. The molecule has 1 unspecified atom stereocenters. The fourth-order valence-electron chi connectivity index (χ4n) is 3.38. The number of rotatable bonds is 7. The number of hydrogen-bond acceptors (Lipinski definition) is 6. The number of carbonyl (C=O) groups is 2. The van der Waals surface area contributed by atoms with Crippen LogP contribution in [0, 0.1) is 0 Å². The molecular formula is C21H24F3NO4S. The minimum atomic E-state index is -4.67. The van der Waals surface area contributed by atoms with E-state index >= 15 is 0 Å². The molecule has 0 spiro atoms. The quantitative estimate of drug-likeness (QED) is 0.498. The first kappa shape index (κ1) is 23.9. The highest BCUT2D eigenvalue weighted by molar-refractivity contribution is 7.99. The lowest BCUT2D eigenvalue weighted by Gasteiger charge is -2.31. The molecule has 0 saturated heterocycles. The summed E-state index contributed by atoms with van der Waals surface area (Å²) in [6, 6.07) is 4.89. The zero-order valence-electron chi connectivity index (χ0n) is 17.2. The van der Waals surface area contributed by atoms with Gasteiger partial charge < -0.3 is 14.8 Å². The summed E-state index contributed by atoms with van der Waals surface area (Å²) in [5.74, 6) is -1.46. The van der Waals surface area contributed by atoms with Gasteiger partial charge in [0.1, 0.15) is 6.61 Å². The van der Waals surface area contributed by atoms with Gasteiger partial charge in [-0.2, -0.15) is 24.9 Å². The van der Waals surface area contributed by atoms with E-state index < -0.39 is 29.6 Å². The van der Waals surface area contributed by atoms with Gasteiger partial charge in [0.25, 0.3) is 0 Å². The van der Waals surface area contributed by atoms with Gasteiger partial charge in [0, 0.05) is 17.1 Å². The van der Waals surface area contributed by atoms with Gasteiger partial charge >= 0.3 is 18.1 Å².